The predicted octanol–water partition coefficient (Wildman–Crippen LogP) is 4.66. The van der Waals surface area contributed by atoms with E-state index in [0.29, 0.717) is 33.4 Å². The Balaban J connectivity index is 0.000000173. The molecule has 1 heterocycles. The number of carbonyl (C=O) groups is 2. The Morgan fingerprint density at radius 1 is 0.757 bits per heavy atom. The van der Waals surface area contributed by atoms with E-state index in [2.05, 4.69) is 10.3 Å². The summed E-state index contributed by atoms with van der Waals surface area (Å²) < 4.78 is 5.21. The van der Waals surface area contributed by atoms with Gasteiger partial charge in [-0.3, -0.25) is 4.79 Å². The van der Waals surface area contributed by atoms with Crippen LogP contribution < -0.4 is 22.4 Å². The van der Waals surface area contributed by atoms with Gasteiger partial charge in [-0.05, 0) is 48.5 Å². The SMILES string of the molecule is Nc1ccccc1-c1nc2ccccc2c(=O)o1.Nc1ccccc1C(=O)Nc1ccccc1C(=O)O. The second-order valence-electron chi connectivity index (χ2n) is 7.80. The molecule has 0 aliphatic carbocycles. The highest BCUT2D eigenvalue weighted by Crippen LogP contribution is 2.24. The lowest BCUT2D eigenvalue weighted by Crippen LogP contribution is -2.16. The summed E-state index contributed by atoms with van der Waals surface area (Å²) in [6, 6.07) is 27.0. The lowest BCUT2D eigenvalue weighted by molar-refractivity contribution is 0.0698. The zero-order chi connectivity index (χ0) is 26.4. The molecule has 1 aromatic heterocycles. The molecule has 5 aromatic rings. The molecule has 0 spiro atoms. The van der Waals surface area contributed by atoms with Crippen LogP contribution in [0.25, 0.3) is 22.4 Å². The third kappa shape index (κ3) is 5.63. The number of rotatable bonds is 4. The Kier molecular flexibility index (Phi) is 7.25. The van der Waals surface area contributed by atoms with Crippen molar-refractivity contribution in [1.82, 2.24) is 4.98 Å². The maximum absolute atomic E-state index is 12.0. The third-order valence-electron chi connectivity index (χ3n) is 5.34. The summed E-state index contributed by atoms with van der Waals surface area (Å²) in [4.78, 5) is 39.2. The number of carbonyl (C=O) groups excluding carboxylic acids is 1. The maximum Gasteiger partial charge on any atom is 0.347 e. The summed E-state index contributed by atoms with van der Waals surface area (Å²) in [5.74, 6) is -1.29. The Morgan fingerprint density at radius 3 is 2.05 bits per heavy atom. The van der Waals surface area contributed by atoms with Crippen LogP contribution in [0.5, 0.6) is 0 Å². The maximum atomic E-state index is 12.0. The van der Waals surface area contributed by atoms with E-state index >= 15 is 0 Å². The average Bonchev–Trinajstić information content (AvgIpc) is 2.90. The van der Waals surface area contributed by atoms with E-state index in [1.165, 1.54) is 12.1 Å². The molecule has 0 saturated heterocycles. The Labute approximate surface area is 211 Å². The summed E-state index contributed by atoms with van der Waals surface area (Å²) in [6.07, 6.45) is 0. The zero-order valence-corrected chi connectivity index (χ0v) is 19.4. The predicted molar refractivity (Wildman–Crippen MR) is 142 cm³/mol. The minimum atomic E-state index is -1.10. The van der Waals surface area contributed by atoms with E-state index in [0.717, 1.165) is 0 Å². The number of aromatic nitrogens is 1. The van der Waals surface area contributed by atoms with E-state index in [9.17, 15) is 14.4 Å². The van der Waals surface area contributed by atoms with Crippen LogP contribution >= 0.6 is 0 Å². The minimum absolute atomic E-state index is 0.0327. The fourth-order valence-electron chi connectivity index (χ4n) is 3.50. The first-order chi connectivity index (χ1) is 17.8. The van der Waals surface area contributed by atoms with Gasteiger partial charge >= 0.3 is 11.6 Å². The van der Waals surface area contributed by atoms with Gasteiger partial charge in [-0.1, -0.05) is 48.5 Å². The molecule has 0 radical (unpaired) electrons. The molecular formula is C28H22N4O5. The van der Waals surface area contributed by atoms with Crippen molar-refractivity contribution in [3.63, 3.8) is 0 Å². The quantitative estimate of drug-likeness (QED) is 0.262. The Morgan fingerprint density at radius 2 is 1.35 bits per heavy atom. The third-order valence-corrected chi connectivity index (χ3v) is 5.34. The molecule has 37 heavy (non-hydrogen) atoms. The number of nitrogens with one attached hydrogen (secondary N) is 1. The molecule has 9 nitrogen and oxygen atoms in total. The van der Waals surface area contributed by atoms with Crippen LogP contribution in [0.2, 0.25) is 0 Å². The molecule has 0 bridgehead atoms. The van der Waals surface area contributed by atoms with Gasteiger partial charge in [-0.25, -0.2) is 14.6 Å². The number of aromatic carboxylic acids is 1. The van der Waals surface area contributed by atoms with Crippen molar-refractivity contribution in [2.45, 2.75) is 0 Å². The average molecular weight is 495 g/mol. The Hall–Kier alpha value is -5.44. The summed E-state index contributed by atoms with van der Waals surface area (Å²) >= 11 is 0. The van der Waals surface area contributed by atoms with E-state index < -0.39 is 17.5 Å². The first-order valence-electron chi connectivity index (χ1n) is 11.1. The van der Waals surface area contributed by atoms with E-state index in [1.807, 2.05) is 18.2 Å². The molecule has 6 N–H and O–H groups in total. The second kappa shape index (κ2) is 10.9. The Bertz CT molecular complexity index is 1660. The summed E-state index contributed by atoms with van der Waals surface area (Å²) in [7, 11) is 0. The van der Waals surface area contributed by atoms with Crippen LogP contribution in [0.15, 0.2) is 106 Å². The molecular weight excluding hydrogens is 472 g/mol. The first-order valence-corrected chi connectivity index (χ1v) is 11.1. The number of para-hydroxylation sites is 4. The summed E-state index contributed by atoms with van der Waals surface area (Å²) in [6.45, 7) is 0. The monoisotopic (exact) mass is 494 g/mol. The molecule has 0 aliphatic heterocycles. The molecule has 0 saturated carbocycles. The first kappa shape index (κ1) is 24.7. The number of benzene rings is 4. The lowest BCUT2D eigenvalue weighted by Gasteiger charge is -2.09. The lowest BCUT2D eigenvalue weighted by atomic mass is 10.1. The van der Waals surface area contributed by atoms with Crippen LogP contribution in [0.3, 0.4) is 0 Å². The van der Waals surface area contributed by atoms with Crippen molar-refractivity contribution < 1.29 is 19.1 Å². The number of hydrogen-bond donors (Lipinski definition) is 4. The van der Waals surface area contributed by atoms with Gasteiger partial charge in [0, 0.05) is 11.4 Å². The van der Waals surface area contributed by atoms with E-state index in [4.69, 9.17) is 21.0 Å². The van der Waals surface area contributed by atoms with Crippen molar-refractivity contribution in [2.75, 3.05) is 16.8 Å². The molecule has 1 amide bonds. The van der Waals surface area contributed by atoms with Crippen molar-refractivity contribution in [3.8, 4) is 11.5 Å². The van der Waals surface area contributed by atoms with Gasteiger partial charge in [0.15, 0.2) is 0 Å². The van der Waals surface area contributed by atoms with Crippen LogP contribution in [0.4, 0.5) is 17.1 Å². The normalized spacial score (nSPS) is 10.3. The molecule has 4 aromatic carbocycles. The number of nitrogens with two attached hydrogens (primary N) is 2. The largest absolute Gasteiger partial charge is 0.478 e. The van der Waals surface area contributed by atoms with Crippen molar-refractivity contribution in [3.05, 3.63) is 119 Å². The van der Waals surface area contributed by atoms with Crippen molar-refractivity contribution in [1.29, 1.82) is 0 Å². The van der Waals surface area contributed by atoms with Crippen LogP contribution in [-0.2, 0) is 0 Å². The number of carboxylic acids is 1. The van der Waals surface area contributed by atoms with Gasteiger partial charge in [-0.15, -0.1) is 0 Å². The highest BCUT2D eigenvalue weighted by Gasteiger charge is 2.14. The van der Waals surface area contributed by atoms with Gasteiger partial charge in [0.05, 0.1) is 33.3 Å². The number of amides is 1. The highest BCUT2D eigenvalue weighted by molar-refractivity contribution is 6.10. The highest BCUT2D eigenvalue weighted by atomic mass is 16.4. The van der Waals surface area contributed by atoms with Crippen LogP contribution in [0.1, 0.15) is 20.7 Å². The van der Waals surface area contributed by atoms with Crippen molar-refractivity contribution >= 4 is 39.8 Å². The number of nitrogens with zero attached hydrogens (tertiary/aromatic N) is 1. The van der Waals surface area contributed by atoms with Crippen molar-refractivity contribution in [2.24, 2.45) is 0 Å². The smallest absolute Gasteiger partial charge is 0.347 e. The number of hydrogen-bond acceptors (Lipinski definition) is 7. The van der Waals surface area contributed by atoms with E-state index in [1.54, 1.807) is 66.7 Å². The fraction of sp³-hybridized carbons (Fsp3) is 0. The zero-order valence-electron chi connectivity index (χ0n) is 19.4. The number of fused-ring (bicyclic) bond motifs is 1. The molecule has 0 unspecified atom stereocenters. The van der Waals surface area contributed by atoms with Gasteiger partial charge in [0.1, 0.15) is 0 Å². The molecule has 5 rings (SSSR count). The molecule has 0 aliphatic rings. The molecule has 9 heteroatoms. The molecule has 0 fully saturated rings. The second-order valence-corrected chi connectivity index (χ2v) is 7.80. The number of carboxylic acid groups (broad SMARTS) is 1. The topological polar surface area (TPSA) is 162 Å². The standard InChI is InChI=1S/C14H12N2O3.C14H10N2O2/c15-11-7-3-1-5-9(11)13(17)16-12-8-4-2-6-10(12)14(18)19;15-11-7-3-1-5-9(11)13-16-12-8-4-2-6-10(12)14(17)18-13/h1-8H,15H2,(H,16,17)(H,18,19);1-8H,15H2. The molecule has 184 valence electrons. The molecule has 0 atom stereocenters. The number of anilines is 3. The minimum Gasteiger partial charge on any atom is -0.478 e. The van der Waals surface area contributed by atoms with Gasteiger partial charge in [0.2, 0.25) is 5.89 Å². The fourth-order valence-corrected chi connectivity index (χ4v) is 3.50. The van der Waals surface area contributed by atoms with Crippen LogP contribution in [0, 0.1) is 0 Å². The van der Waals surface area contributed by atoms with Gasteiger partial charge < -0.3 is 26.3 Å². The van der Waals surface area contributed by atoms with Crippen LogP contribution in [-0.4, -0.2) is 22.0 Å². The van der Waals surface area contributed by atoms with Gasteiger partial charge in [-0.2, -0.15) is 0 Å². The number of nitrogen functional groups attached to an aromatic ring is 2. The van der Waals surface area contributed by atoms with E-state index in [-0.39, 0.29) is 17.1 Å². The van der Waals surface area contributed by atoms with Gasteiger partial charge in [0.25, 0.3) is 5.91 Å². The summed E-state index contributed by atoms with van der Waals surface area (Å²) in [5, 5.41) is 12.0. The summed E-state index contributed by atoms with van der Waals surface area (Å²) in [5.41, 5.74) is 13.8.